The zero-order valence-corrected chi connectivity index (χ0v) is 10.6. The van der Waals surface area contributed by atoms with Crippen LogP contribution in [0.25, 0.3) is 0 Å². The summed E-state index contributed by atoms with van der Waals surface area (Å²) in [6.45, 7) is 0. The molecule has 23 heavy (non-hydrogen) atoms. The molecular formula is C11H6F10N2. The van der Waals surface area contributed by atoms with Gasteiger partial charge in [0.2, 0.25) is 0 Å². The molecular weight excluding hydrogens is 350 g/mol. The SMILES string of the molecule is FC(F)(F)C1Nc2ccc(C(F)(C(F)(F)F)C(F)(F)F)cc2N1. The second kappa shape index (κ2) is 4.81. The molecule has 0 bridgehead atoms. The molecule has 0 radical (unpaired) electrons. The Morgan fingerprint density at radius 3 is 1.61 bits per heavy atom. The van der Waals surface area contributed by atoms with Gasteiger partial charge < -0.3 is 10.6 Å². The molecule has 0 aromatic heterocycles. The molecule has 1 heterocycles. The number of halogens is 10. The minimum absolute atomic E-state index is 0.0506. The van der Waals surface area contributed by atoms with E-state index in [0.717, 1.165) is 0 Å². The number of nitrogens with one attached hydrogen (secondary N) is 2. The third kappa shape index (κ3) is 2.74. The number of fused-ring (bicyclic) bond motifs is 1. The zero-order chi connectivity index (χ0) is 17.8. The first-order valence-electron chi connectivity index (χ1n) is 5.74. The van der Waals surface area contributed by atoms with Crippen LogP contribution in [0, 0.1) is 0 Å². The van der Waals surface area contributed by atoms with Gasteiger partial charge in [-0.05, 0) is 12.1 Å². The van der Waals surface area contributed by atoms with Crippen LogP contribution in [0.2, 0.25) is 0 Å². The molecule has 2 nitrogen and oxygen atoms in total. The van der Waals surface area contributed by atoms with Gasteiger partial charge in [-0.3, -0.25) is 0 Å². The van der Waals surface area contributed by atoms with Crippen molar-refractivity contribution in [3.05, 3.63) is 23.8 Å². The van der Waals surface area contributed by atoms with Crippen molar-refractivity contribution >= 4 is 11.4 Å². The van der Waals surface area contributed by atoms with Crippen LogP contribution < -0.4 is 10.6 Å². The normalized spacial score (nSPS) is 19.1. The maximum Gasteiger partial charge on any atom is 0.435 e. The van der Waals surface area contributed by atoms with E-state index >= 15 is 0 Å². The van der Waals surface area contributed by atoms with Gasteiger partial charge in [0, 0.05) is 5.56 Å². The monoisotopic (exact) mass is 356 g/mol. The van der Waals surface area contributed by atoms with Crippen molar-refractivity contribution < 1.29 is 43.9 Å². The highest BCUT2D eigenvalue weighted by atomic mass is 19.4. The van der Waals surface area contributed by atoms with E-state index in [0.29, 0.717) is 6.07 Å². The Balaban J connectivity index is 2.48. The minimum atomic E-state index is -6.34. The van der Waals surface area contributed by atoms with Gasteiger partial charge in [-0.2, -0.15) is 39.5 Å². The van der Waals surface area contributed by atoms with E-state index in [-0.39, 0.29) is 12.1 Å². The van der Waals surface area contributed by atoms with Crippen molar-refractivity contribution in [1.82, 2.24) is 0 Å². The van der Waals surface area contributed by atoms with Crippen molar-refractivity contribution in [2.75, 3.05) is 10.6 Å². The fourth-order valence-electron chi connectivity index (χ4n) is 2.00. The van der Waals surface area contributed by atoms with Gasteiger partial charge in [-0.25, -0.2) is 4.39 Å². The Bertz CT molecular complexity index is 586. The lowest BCUT2D eigenvalue weighted by Gasteiger charge is -2.30. The number of hydrogen-bond donors (Lipinski definition) is 2. The summed E-state index contributed by atoms with van der Waals surface area (Å²) in [7, 11) is 0. The highest BCUT2D eigenvalue weighted by Crippen LogP contribution is 2.54. The Morgan fingerprint density at radius 1 is 0.696 bits per heavy atom. The molecule has 1 aliphatic heterocycles. The lowest BCUT2D eigenvalue weighted by atomic mass is 9.93. The topological polar surface area (TPSA) is 24.1 Å². The van der Waals surface area contributed by atoms with Gasteiger partial charge in [-0.15, -0.1) is 0 Å². The zero-order valence-electron chi connectivity index (χ0n) is 10.6. The summed E-state index contributed by atoms with van der Waals surface area (Å²) in [6.07, 6.45) is -19.9. The van der Waals surface area contributed by atoms with Crippen molar-refractivity contribution in [3.8, 4) is 0 Å². The molecule has 1 aromatic carbocycles. The van der Waals surface area contributed by atoms with Crippen LogP contribution in [0.1, 0.15) is 5.56 Å². The van der Waals surface area contributed by atoms with Crippen LogP contribution in [-0.4, -0.2) is 24.7 Å². The molecule has 0 aliphatic carbocycles. The molecule has 1 unspecified atom stereocenters. The summed E-state index contributed by atoms with van der Waals surface area (Å²) in [5, 5.41) is 3.46. The van der Waals surface area contributed by atoms with Gasteiger partial charge in [0.15, 0.2) is 6.17 Å². The van der Waals surface area contributed by atoms with Crippen molar-refractivity contribution in [2.24, 2.45) is 0 Å². The average Bonchev–Trinajstić information content (AvgIpc) is 2.77. The van der Waals surface area contributed by atoms with Crippen LogP contribution in [0.15, 0.2) is 18.2 Å². The van der Waals surface area contributed by atoms with E-state index in [9.17, 15) is 43.9 Å². The summed E-state index contributed by atoms with van der Waals surface area (Å²) < 4.78 is 127. The van der Waals surface area contributed by atoms with Gasteiger partial charge in [0.25, 0.3) is 0 Å². The van der Waals surface area contributed by atoms with Gasteiger partial charge in [-0.1, -0.05) is 6.07 Å². The molecule has 1 aliphatic rings. The highest BCUT2D eigenvalue weighted by Gasteiger charge is 2.73. The van der Waals surface area contributed by atoms with E-state index in [1.807, 2.05) is 5.32 Å². The molecule has 2 rings (SSSR count). The molecule has 0 saturated carbocycles. The summed E-state index contributed by atoms with van der Waals surface area (Å²) in [6, 6.07) is 0.692. The van der Waals surface area contributed by atoms with E-state index in [1.54, 1.807) is 5.32 Å². The lowest BCUT2D eigenvalue weighted by molar-refractivity contribution is -0.348. The summed E-state index contributed by atoms with van der Waals surface area (Å²) in [4.78, 5) is 0. The molecule has 1 aromatic rings. The quantitative estimate of drug-likeness (QED) is 0.713. The first-order chi connectivity index (χ1) is 10.2. The van der Waals surface area contributed by atoms with Crippen molar-refractivity contribution in [3.63, 3.8) is 0 Å². The third-order valence-corrected chi connectivity index (χ3v) is 3.13. The summed E-state index contributed by atoms with van der Waals surface area (Å²) in [5.74, 6) is 0. The Hall–Kier alpha value is -1.88. The smallest absolute Gasteiger partial charge is 0.356 e. The van der Waals surface area contributed by atoms with Crippen molar-refractivity contribution in [2.45, 2.75) is 30.4 Å². The molecule has 1 atom stereocenters. The first-order valence-corrected chi connectivity index (χ1v) is 5.74. The minimum Gasteiger partial charge on any atom is -0.356 e. The maximum atomic E-state index is 13.8. The molecule has 12 heteroatoms. The van der Waals surface area contributed by atoms with Crippen LogP contribution in [0.5, 0.6) is 0 Å². The van der Waals surface area contributed by atoms with E-state index in [4.69, 9.17) is 0 Å². The number of alkyl halides is 10. The van der Waals surface area contributed by atoms with Crippen LogP contribution >= 0.6 is 0 Å². The van der Waals surface area contributed by atoms with E-state index < -0.39 is 47.3 Å². The van der Waals surface area contributed by atoms with Crippen LogP contribution in [-0.2, 0) is 5.67 Å². The molecule has 0 saturated heterocycles. The maximum absolute atomic E-state index is 13.8. The number of anilines is 2. The molecule has 0 amide bonds. The van der Waals surface area contributed by atoms with Gasteiger partial charge in [0.05, 0.1) is 11.4 Å². The summed E-state index contributed by atoms with van der Waals surface area (Å²) in [5.41, 5.74) is -8.69. The van der Waals surface area contributed by atoms with Crippen LogP contribution in [0.4, 0.5) is 55.3 Å². The Morgan fingerprint density at radius 2 is 1.17 bits per heavy atom. The Kier molecular flexibility index (Phi) is 3.65. The molecule has 2 N–H and O–H groups in total. The van der Waals surface area contributed by atoms with Crippen molar-refractivity contribution in [1.29, 1.82) is 0 Å². The third-order valence-electron chi connectivity index (χ3n) is 3.13. The number of benzene rings is 1. The number of hydrogen-bond acceptors (Lipinski definition) is 2. The second-order valence-corrected chi connectivity index (χ2v) is 4.68. The number of rotatable bonds is 1. The molecule has 130 valence electrons. The largest absolute Gasteiger partial charge is 0.435 e. The fourth-order valence-corrected chi connectivity index (χ4v) is 2.00. The first kappa shape index (κ1) is 17.5. The molecule has 0 spiro atoms. The van der Waals surface area contributed by atoms with E-state index in [1.165, 1.54) is 0 Å². The highest BCUT2D eigenvalue weighted by molar-refractivity contribution is 5.75. The molecule has 0 fully saturated rings. The predicted molar refractivity (Wildman–Crippen MR) is 58.4 cm³/mol. The standard InChI is InChI=1S/C11H6F10N2/c12-8(10(16,17)18,11(19,20)21)4-1-2-5-6(3-4)23-7(22-5)9(13,14)15/h1-3,7,22-23H. The van der Waals surface area contributed by atoms with Crippen LogP contribution in [0.3, 0.4) is 0 Å². The predicted octanol–water partition coefficient (Wildman–Crippen LogP) is 4.70. The average molecular weight is 356 g/mol. The second-order valence-electron chi connectivity index (χ2n) is 4.68. The Labute approximate surface area is 121 Å². The lowest BCUT2D eigenvalue weighted by Crippen LogP contribution is -2.50. The van der Waals surface area contributed by atoms with Gasteiger partial charge in [0.1, 0.15) is 0 Å². The fraction of sp³-hybridized carbons (Fsp3) is 0.455. The van der Waals surface area contributed by atoms with Gasteiger partial charge >= 0.3 is 24.2 Å². The summed E-state index contributed by atoms with van der Waals surface area (Å²) >= 11 is 0. The van der Waals surface area contributed by atoms with E-state index in [2.05, 4.69) is 0 Å².